The number of aliphatic carboxylic acids is 1. The normalized spacial score (nSPS) is 24.5. The lowest BCUT2D eigenvalue weighted by Gasteiger charge is -2.36. The summed E-state index contributed by atoms with van der Waals surface area (Å²) in [6, 6.07) is -0.175. The Bertz CT molecular complexity index is 283. The molecule has 1 aliphatic heterocycles. The number of hydrogen-bond acceptors (Lipinski definition) is 3. The third kappa shape index (κ3) is 3.89. The van der Waals surface area contributed by atoms with Gasteiger partial charge in [-0.2, -0.15) is 0 Å². The van der Waals surface area contributed by atoms with E-state index >= 15 is 0 Å². The van der Waals surface area contributed by atoms with Gasteiger partial charge in [0.05, 0.1) is 12.5 Å². The van der Waals surface area contributed by atoms with Crippen LogP contribution in [0.4, 0.5) is 4.79 Å². The molecule has 0 radical (unpaired) electrons. The first-order chi connectivity index (χ1) is 8.06. The Hall–Kier alpha value is -1.30. The lowest BCUT2D eigenvalue weighted by molar-refractivity contribution is -0.143. The summed E-state index contributed by atoms with van der Waals surface area (Å²) < 4.78 is 4.84. The Labute approximate surface area is 101 Å². The van der Waals surface area contributed by atoms with Gasteiger partial charge >= 0.3 is 12.0 Å². The number of urea groups is 1. The number of ether oxygens (including phenoxy) is 1. The third-order valence-electron chi connectivity index (χ3n) is 3.07. The SMILES string of the molecule is COCCNC(=O)N1CCC(C(=O)O)CC1C. The highest BCUT2D eigenvalue weighted by Gasteiger charge is 2.31. The van der Waals surface area contributed by atoms with Crippen LogP contribution in [0.25, 0.3) is 0 Å². The van der Waals surface area contributed by atoms with Crippen LogP contribution >= 0.6 is 0 Å². The molecule has 0 spiro atoms. The maximum atomic E-state index is 11.8. The minimum absolute atomic E-state index is 0.0348. The van der Waals surface area contributed by atoms with E-state index in [0.29, 0.717) is 32.5 Å². The first-order valence-electron chi connectivity index (χ1n) is 5.82. The first-order valence-corrected chi connectivity index (χ1v) is 5.82. The molecular weight excluding hydrogens is 224 g/mol. The molecule has 6 nitrogen and oxygen atoms in total. The molecule has 1 aliphatic rings. The van der Waals surface area contributed by atoms with E-state index in [0.717, 1.165) is 0 Å². The molecule has 6 heteroatoms. The number of carbonyl (C=O) groups is 2. The van der Waals surface area contributed by atoms with Crippen LogP contribution in [0, 0.1) is 5.92 Å². The number of piperidine rings is 1. The van der Waals surface area contributed by atoms with Gasteiger partial charge in [-0.15, -0.1) is 0 Å². The van der Waals surface area contributed by atoms with Crippen molar-refractivity contribution in [3.63, 3.8) is 0 Å². The zero-order valence-electron chi connectivity index (χ0n) is 10.3. The van der Waals surface area contributed by atoms with E-state index in [-0.39, 0.29) is 18.0 Å². The second-order valence-corrected chi connectivity index (χ2v) is 4.33. The number of carboxylic acid groups (broad SMARTS) is 1. The van der Waals surface area contributed by atoms with Crippen LogP contribution in [0.1, 0.15) is 19.8 Å². The number of nitrogens with zero attached hydrogens (tertiary/aromatic N) is 1. The molecule has 1 heterocycles. The maximum absolute atomic E-state index is 11.8. The van der Waals surface area contributed by atoms with Gasteiger partial charge in [-0.1, -0.05) is 0 Å². The summed E-state index contributed by atoms with van der Waals surface area (Å²) >= 11 is 0. The fourth-order valence-corrected chi connectivity index (χ4v) is 2.06. The number of hydrogen-bond donors (Lipinski definition) is 2. The number of amides is 2. The van der Waals surface area contributed by atoms with Gasteiger partial charge in [0.2, 0.25) is 0 Å². The Balaban J connectivity index is 2.40. The van der Waals surface area contributed by atoms with Gasteiger partial charge in [-0.05, 0) is 19.8 Å². The van der Waals surface area contributed by atoms with E-state index < -0.39 is 5.97 Å². The fourth-order valence-electron chi connectivity index (χ4n) is 2.06. The van der Waals surface area contributed by atoms with Crippen LogP contribution in [0.3, 0.4) is 0 Å². The third-order valence-corrected chi connectivity index (χ3v) is 3.07. The van der Waals surface area contributed by atoms with Gasteiger partial charge in [0, 0.05) is 26.2 Å². The summed E-state index contributed by atoms with van der Waals surface area (Å²) in [4.78, 5) is 24.3. The van der Waals surface area contributed by atoms with E-state index in [2.05, 4.69) is 5.32 Å². The molecule has 2 unspecified atom stereocenters. The van der Waals surface area contributed by atoms with Crippen LogP contribution in [-0.2, 0) is 9.53 Å². The van der Waals surface area contributed by atoms with Gasteiger partial charge < -0.3 is 20.1 Å². The Morgan fingerprint density at radius 1 is 1.53 bits per heavy atom. The van der Waals surface area contributed by atoms with Crippen molar-refractivity contribution in [2.45, 2.75) is 25.8 Å². The molecule has 1 saturated heterocycles. The molecule has 17 heavy (non-hydrogen) atoms. The monoisotopic (exact) mass is 244 g/mol. The summed E-state index contributed by atoms with van der Waals surface area (Å²) in [5.74, 6) is -1.09. The molecule has 1 rings (SSSR count). The lowest BCUT2D eigenvalue weighted by atomic mass is 9.92. The molecule has 98 valence electrons. The molecule has 0 aromatic heterocycles. The van der Waals surface area contributed by atoms with Gasteiger partial charge in [0.25, 0.3) is 0 Å². The molecule has 0 aliphatic carbocycles. The van der Waals surface area contributed by atoms with Crippen LogP contribution in [-0.4, -0.2) is 54.9 Å². The van der Waals surface area contributed by atoms with Crippen LogP contribution in [0.5, 0.6) is 0 Å². The number of methoxy groups -OCH3 is 1. The van der Waals surface area contributed by atoms with Crippen molar-refractivity contribution in [2.75, 3.05) is 26.8 Å². The summed E-state index contributed by atoms with van der Waals surface area (Å²) in [5, 5.41) is 11.7. The van der Waals surface area contributed by atoms with Gasteiger partial charge in [0.15, 0.2) is 0 Å². The summed E-state index contributed by atoms with van der Waals surface area (Å²) in [6.07, 6.45) is 1.05. The average Bonchev–Trinajstić information content (AvgIpc) is 2.28. The number of nitrogens with one attached hydrogen (secondary N) is 1. The smallest absolute Gasteiger partial charge is 0.317 e. The maximum Gasteiger partial charge on any atom is 0.317 e. The number of carboxylic acids is 1. The topological polar surface area (TPSA) is 78.9 Å². The zero-order valence-corrected chi connectivity index (χ0v) is 10.3. The van der Waals surface area contributed by atoms with Crippen LogP contribution in [0.15, 0.2) is 0 Å². The highest BCUT2D eigenvalue weighted by molar-refractivity contribution is 5.75. The summed E-state index contributed by atoms with van der Waals surface area (Å²) in [6.45, 7) is 3.33. The molecular formula is C11H20N2O4. The number of likely N-dealkylation sites (tertiary alicyclic amines) is 1. The average molecular weight is 244 g/mol. The fraction of sp³-hybridized carbons (Fsp3) is 0.818. The molecule has 0 bridgehead atoms. The van der Waals surface area contributed by atoms with Crippen molar-refractivity contribution in [3.8, 4) is 0 Å². The molecule has 1 fully saturated rings. The second-order valence-electron chi connectivity index (χ2n) is 4.33. The van der Waals surface area contributed by atoms with Gasteiger partial charge in [0.1, 0.15) is 0 Å². The second kappa shape index (κ2) is 6.44. The minimum atomic E-state index is -0.767. The highest BCUT2D eigenvalue weighted by Crippen LogP contribution is 2.22. The van der Waals surface area contributed by atoms with Crippen molar-refractivity contribution in [2.24, 2.45) is 5.92 Å². The quantitative estimate of drug-likeness (QED) is 0.707. The summed E-state index contributed by atoms with van der Waals surface area (Å²) in [5.41, 5.74) is 0. The summed E-state index contributed by atoms with van der Waals surface area (Å²) in [7, 11) is 1.58. The van der Waals surface area contributed by atoms with E-state index in [1.807, 2.05) is 6.92 Å². The minimum Gasteiger partial charge on any atom is -0.481 e. The molecule has 2 atom stereocenters. The van der Waals surface area contributed by atoms with Gasteiger partial charge in [-0.25, -0.2) is 4.79 Å². The first kappa shape index (κ1) is 13.8. The zero-order chi connectivity index (χ0) is 12.8. The number of rotatable bonds is 4. The predicted molar refractivity (Wildman–Crippen MR) is 61.8 cm³/mol. The van der Waals surface area contributed by atoms with Crippen molar-refractivity contribution in [3.05, 3.63) is 0 Å². The highest BCUT2D eigenvalue weighted by atomic mass is 16.5. The predicted octanol–water partition coefficient (Wildman–Crippen LogP) is 0.527. The molecule has 2 amide bonds. The van der Waals surface area contributed by atoms with E-state index in [1.54, 1.807) is 12.0 Å². The Morgan fingerprint density at radius 3 is 2.76 bits per heavy atom. The molecule has 0 aromatic carbocycles. The largest absolute Gasteiger partial charge is 0.481 e. The molecule has 2 N–H and O–H groups in total. The lowest BCUT2D eigenvalue weighted by Crippen LogP contribution is -2.50. The Morgan fingerprint density at radius 2 is 2.24 bits per heavy atom. The van der Waals surface area contributed by atoms with Crippen LogP contribution < -0.4 is 5.32 Å². The molecule has 0 aromatic rings. The standard InChI is InChI=1S/C11H20N2O4/c1-8-7-9(10(14)15)3-5-13(8)11(16)12-4-6-17-2/h8-9H,3-7H2,1-2H3,(H,12,16)(H,14,15). The van der Waals surface area contributed by atoms with Crippen molar-refractivity contribution < 1.29 is 19.4 Å². The molecule has 0 saturated carbocycles. The Kier molecular flexibility index (Phi) is 5.21. The van der Waals surface area contributed by atoms with E-state index in [4.69, 9.17) is 9.84 Å². The van der Waals surface area contributed by atoms with Crippen LogP contribution in [0.2, 0.25) is 0 Å². The van der Waals surface area contributed by atoms with E-state index in [1.165, 1.54) is 0 Å². The van der Waals surface area contributed by atoms with Crippen molar-refractivity contribution in [1.29, 1.82) is 0 Å². The van der Waals surface area contributed by atoms with Gasteiger partial charge in [-0.3, -0.25) is 4.79 Å². The van der Waals surface area contributed by atoms with Crippen molar-refractivity contribution in [1.82, 2.24) is 10.2 Å². The number of carbonyl (C=O) groups excluding carboxylic acids is 1. The van der Waals surface area contributed by atoms with Crippen molar-refractivity contribution >= 4 is 12.0 Å². The van der Waals surface area contributed by atoms with E-state index in [9.17, 15) is 9.59 Å².